The maximum absolute atomic E-state index is 11.7. The third kappa shape index (κ3) is 3.44. The van der Waals surface area contributed by atoms with Crippen LogP contribution in [0.1, 0.15) is 0 Å². The van der Waals surface area contributed by atoms with Crippen LogP contribution in [0.15, 0.2) is 30.3 Å². The fourth-order valence-corrected chi connectivity index (χ4v) is 2.44. The van der Waals surface area contributed by atoms with Crippen LogP contribution in [0.25, 0.3) is 0 Å². The van der Waals surface area contributed by atoms with Crippen molar-refractivity contribution in [1.29, 1.82) is 0 Å². The number of nitrogens with one attached hydrogen (secondary N) is 1. The summed E-state index contributed by atoms with van der Waals surface area (Å²) < 4.78 is 28.2. The number of benzene rings is 1. The molecule has 0 saturated carbocycles. The molecule has 0 radical (unpaired) electrons. The van der Waals surface area contributed by atoms with Crippen molar-refractivity contribution < 1.29 is 22.2 Å². The number of hydrogen-bond donors (Lipinski definition) is 1. The van der Waals surface area contributed by atoms with Gasteiger partial charge in [-0.2, -0.15) is 8.42 Å². The minimum absolute atomic E-state index is 0.0988. The van der Waals surface area contributed by atoms with Crippen LogP contribution in [-0.4, -0.2) is 44.1 Å². The van der Waals surface area contributed by atoms with Gasteiger partial charge in [-0.3, -0.25) is 9.69 Å². The van der Waals surface area contributed by atoms with E-state index in [4.69, 9.17) is 4.18 Å². The molecule has 0 spiro atoms. The van der Waals surface area contributed by atoms with Gasteiger partial charge >= 0.3 is 16.1 Å². The summed E-state index contributed by atoms with van der Waals surface area (Å²) in [5.41, 5.74) is 0. The van der Waals surface area contributed by atoms with E-state index >= 15 is 0 Å². The zero-order valence-corrected chi connectivity index (χ0v) is 10.7. The summed E-state index contributed by atoms with van der Waals surface area (Å²) in [5.74, 6) is -0.694. The van der Waals surface area contributed by atoms with Crippen LogP contribution in [0.2, 0.25) is 0 Å². The molecule has 7 nitrogen and oxygen atoms in total. The molecule has 3 amide bonds. The largest absolute Gasteiger partial charge is 0.382 e. The van der Waals surface area contributed by atoms with E-state index in [1.54, 1.807) is 18.2 Å². The molecule has 1 fully saturated rings. The number of nitrogens with zero attached hydrogens (tertiary/aromatic N) is 1. The Labute approximate surface area is 110 Å². The van der Waals surface area contributed by atoms with E-state index in [1.807, 2.05) is 0 Å². The molecule has 1 heterocycles. The highest BCUT2D eigenvalue weighted by Gasteiger charge is 2.29. The summed E-state index contributed by atoms with van der Waals surface area (Å²) in [4.78, 5) is 23.3. The van der Waals surface area contributed by atoms with E-state index in [-0.39, 0.29) is 18.8 Å². The Morgan fingerprint density at radius 3 is 2.47 bits per heavy atom. The number of imide groups is 1. The summed E-state index contributed by atoms with van der Waals surface area (Å²) >= 11 is 0. The molecule has 0 atom stereocenters. The Morgan fingerprint density at radius 1 is 1.21 bits per heavy atom. The molecule has 0 aromatic heterocycles. The lowest BCUT2D eigenvalue weighted by Crippen LogP contribution is -2.36. The smallest absolute Gasteiger partial charge is 0.324 e. The first kappa shape index (κ1) is 13.3. The quantitative estimate of drug-likeness (QED) is 0.604. The highest BCUT2D eigenvalue weighted by Crippen LogP contribution is 2.12. The molecular weight excluding hydrogens is 272 g/mol. The number of amides is 3. The van der Waals surface area contributed by atoms with Crippen LogP contribution >= 0.6 is 0 Å². The molecule has 0 bridgehead atoms. The van der Waals surface area contributed by atoms with Crippen molar-refractivity contribution in [3.63, 3.8) is 0 Å². The molecule has 1 aromatic rings. The molecule has 102 valence electrons. The van der Waals surface area contributed by atoms with Gasteiger partial charge in [-0.15, -0.1) is 0 Å². The van der Waals surface area contributed by atoms with Crippen LogP contribution < -0.4 is 9.50 Å². The van der Waals surface area contributed by atoms with Crippen LogP contribution in [-0.2, 0) is 14.9 Å². The third-order valence-corrected chi connectivity index (χ3v) is 3.60. The highest BCUT2D eigenvalue weighted by molar-refractivity contribution is 7.87. The number of carbonyl (C=O) groups excluding carboxylic acids is 2. The number of carbonyl (C=O) groups is 2. The molecule has 1 N–H and O–H groups in total. The van der Waals surface area contributed by atoms with E-state index in [2.05, 4.69) is 5.32 Å². The van der Waals surface area contributed by atoms with Gasteiger partial charge in [0.15, 0.2) is 0 Å². The van der Waals surface area contributed by atoms with Gasteiger partial charge in [-0.1, -0.05) is 18.2 Å². The highest BCUT2D eigenvalue weighted by atomic mass is 32.2. The van der Waals surface area contributed by atoms with E-state index in [0.717, 1.165) is 4.90 Å². The molecule has 1 aliphatic rings. The SMILES string of the molecule is O=C1CNC(=O)N1CCS(=O)(=O)Oc1ccccc1. The average Bonchev–Trinajstić information content (AvgIpc) is 2.67. The van der Waals surface area contributed by atoms with Gasteiger partial charge in [0, 0.05) is 6.54 Å². The molecule has 0 aliphatic carbocycles. The van der Waals surface area contributed by atoms with Gasteiger partial charge in [0.05, 0.1) is 6.54 Å². The van der Waals surface area contributed by atoms with Crippen LogP contribution in [0.5, 0.6) is 5.75 Å². The normalized spacial score (nSPS) is 15.5. The fraction of sp³-hybridized carbons (Fsp3) is 0.273. The minimum atomic E-state index is -3.84. The van der Waals surface area contributed by atoms with Crippen molar-refractivity contribution in [3.8, 4) is 5.75 Å². The van der Waals surface area contributed by atoms with Gasteiger partial charge in [-0.25, -0.2) is 4.79 Å². The predicted molar refractivity (Wildman–Crippen MR) is 66.0 cm³/mol. The predicted octanol–water partition coefficient (Wildman–Crippen LogP) is -0.0530. The van der Waals surface area contributed by atoms with Crippen molar-refractivity contribution in [1.82, 2.24) is 10.2 Å². The summed E-state index contributed by atoms with van der Waals surface area (Å²) in [6, 6.07) is 7.44. The van der Waals surface area contributed by atoms with Gasteiger partial charge in [-0.05, 0) is 12.1 Å². The maximum atomic E-state index is 11.7. The van der Waals surface area contributed by atoms with E-state index < -0.39 is 27.8 Å². The number of hydrogen-bond acceptors (Lipinski definition) is 5. The average molecular weight is 284 g/mol. The zero-order valence-electron chi connectivity index (χ0n) is 9.90. The lowest BCUT2D eigenvalue weighted by Gasteiger charge is -2.12. The topological polar surface area (TPSA) is 92.8 Å². The molecule has 1 aromatic carbocycles. The summed E-state index contributed by atoms with van der Waals surface area (Å²) in [6.45, 7) is -0.321. The standard InChI is InChI=1S/C11H12N2O5S/c14-10-8-12-11(15)13(10)6-7-19(16,17)18-9-4-2-1-3-5-9/h1-5H,6-8H2,(H,12,15). The van der Waals surface area contributed by atoms with Crippen LogP contribution in [0.3, 0.4) is 0 Å². The summed E-state index contributed by atoms with van der Waals surface area (Å²) in [7, 11) is -3.84. The first-order chi connectivity index (χ1) is 8.98. The maximum Gasteiger partial charge on any atom is 0.324 e. The second kappa shape index (κ2) is 5.27. The van der Waals surface area contributed by atoms with E-state index in [0.29, 0.717) is 0 Å². The Morgan fingerprint density at radius 2 is 1.89 bits per heavy atom. The number of urea groups is 1. The second-order valence-corrected chi connectivity index (χ2v) is 5.55. The Hall–Kier alpha value is -2.09. The number of para-hydroxylation sites is 1. The van der Waals surface area contributed by atoms with Crippen LogP contribution in [0, 0.1) is 0 Å². The summed E-state index contributed by atoms with van der Waals surface area (Å²) in [6.07, 6.45) is 0. The zero-order chi connectivity index (χ0) is 13.9. The number of rotatable bonds is 5. The van der Waals surface area contributed by atoms with Crippen molar-refractivity contribution in [2.45, 2.75) is 0 Å². The van der Waals surface area contributed by atoms with Gasteiger partial charge < -0.3 is 9.50 Å². The van der Waals surface area contributed by atoms with Crippen LogP contribution in [0.4, 0.5) is 4.79 Å². The van der Waals surface area contributed by atoms with Crippen molar-refractivity contribution >= 4 is 22.1 Å². The van der Waals surface area contributed by atoms with Gasteiger partial charge in [0.1, 0.15) is 11.5 Å². The second-order valence-electron chi connectivity index (χ2n) is 3.86. The van der Waals surface area contributed by atoms with Crippen molar-refractivity contribution in [3.05, 3.63) is 30.3 Å². The minimum Gasteiger partial charge on any atom is -0.382 e. The first-order valence-electron chi connectivity index (χ1n) is 5.53. The molecule has 1 aliphatic heterocycles. The lowest BCUT2D eigenvalue weighted by atomic mass is 10.3. The molecule has 8 heteroatoms. The Balaban J connectivity index is 1.95. The van der Waals surface area contributed by atoms with E-state index in [9.17, 15) is 18.0 Å². The molecule has 2 rings (SSSR count). The molecule has 0 unspecified atom stereocenters. The fourth-order valence-electron chi connectivity index (χ4n) is 1.55. The van der Waals surface area contributed by atoms with Crippen molar-refractivity contribution in [2.24, 2.45) is 0 Å². The molecule has 1 saturated heterocycles. The molecular formula is C11H12N2O5S. The van der Waals surface area contributed by atoms with Gasteiger partial charge in [0.25, 0.3) is 0 Å². The Kier molecular flexibility index (Phi) is 3.70. The Bertz CT molecular complexity index is 568. The third-order valence-electron chi connectivity index (χ3n) is 2.47. The lowest BCUT2D eigenvalue weighted by molar-refractivity contribution is -0.124. The van der Waals surface area contributed by atoms with Crippen molar-refractivity contribution in [2.75, 3.05) is 18.8 Å². The first-order valence-corrected chi connectivity index (χ1v) is 7.11. The van der Waals surface area contributed by atoms with E-state index in [1.165, 1.54) is 12.1 Å². The van der Waals surface area contributed by atoms with Gasteiger partial charge in [0.2, 0.25) is 5.91 Å². The monoisotopic (exact) mass is 284 g/mol. The summed E-state index contributed by atoms with van der Waals surface area (Å²) in [5, 5.41) is 2.31. The molecule has 19 heavy (non-hydrogen) atoms.